The lowest BCUT2D eigenvalue weighted by atomic mass is 10.2. The van der Waals surface area contributed by atoms with E-state index in [-0.39, 0.29) is 23.8 Å². The summed E-state index contributed by atoms with van der Waals surface area (Å²) in [6.07, 6.45) is 2.72. The molecule has 2 rings (SSSR count). The standard InChI is InChI=1S/C15H18ClNO4/c1-3-17(12-4-5-12)14(19)9-21-15-10(8-18)6-11(16)7-13(15)20-2/h6-8,12H,3-5,9H2,1-2H3. The second kappa shape index (κ2) is 6.80. The minimum absolute atomic E-state index is 0.0890. The van der Waals surface area contributed by atoms with Crippen molar-refractivity contribution in [3.8, 4) is 11.5 Å². The second-order valence-corrected chi connectivity index (χ2v) is 5.28. The average Bonchev–Trinajstić information content (AvgIpc) is 3.30. The van der Waals surface area contributed by atoms with Crippen molar-refractivity contribution in [2.45, 2.75) is 25.8 Å². The van der Waals surface area contributed by atoms with Crippen LogP contribution in [0.25, 0.3) is 0 Å². The van der Waals surface area contributed by atoms with Crippen LogP contribution >= 0.6 is 11.6 Å². The van der Waals surface area contributed by atoms with Crippen molar-refractivity contribution in [3.05, 3.63) is 22.7 Å². The fourth-order valence-electron chi connectivity index (χ4n) is 2.22. The predicted molar refractivity (Wildman–Crippen MR) is 79.3 cm³/mol. The highest BCUT2D eigenvalue weighted by Crippen LogP contribution is 2.34. The van der Waals surface area contributed by atoms with E-state index in [9.17, 15) is 9.59 Å². The maximum absolute atomic E-state index is 12.1. The molecule has 114 valence electrons. The van der Waals surface area contributed by atoms with E-state index in [1.54, 1.807) is 11.0 Å². The molecule has 0 radical (unpaired) electrons. The number of nitrogens with zero attached hydrogens (tertiary/aromatic N) is 1. The van der Waals surface area contributed by atoms with Gasteiger partial charge >= 0.3 is 0 Å². The van der Waals surface area contributed by atoms with Gasteiger partial charge in [-0.25, -0.2) is 0 Å². The van der Waals surface area contributed by atoms with Crippen LogP contribution in [0.4, 0.5) is 0 Å². The number of rotatable bonds is 7. The number of halogens is 1. The number of amides is 1. The molecule has 0 bridgehead atoms. The molecule has 0 unspecified atom stereocenters. The first-order chi connectivity index (χ1) is 10.1. The molecule has 0 spiro atoms. The van der Waals surface area contributed by atoms with Crippen molar-refractivity contribution in [2.24, 2.45) is 0 Å². The molecule has 5 nitrogen and oxygen atoms in total. The van der Waals surface area contributed by atoms with E-state index in [2.05, 4.69) is 0 Å². The summed E-state index contributed by atoms with van der Waals surface area (Å²) in [6.45, 7) is 2.48. The van der Waals surface area contributed by atoms with Gasteiger partial charge in [0.25, 0.3) is 5.91 Å². The van der Waals surface area contributed by atoms with Crippen molar-refractivity contribution in [1.29, 1.82) is 0 Å². The largest absolute Gasteiger partial charge is 0.493 e. The number of carbonyl (C=O) groups is 2. The molecule has 1 aliphatic carbocycles. The Morgan fingerprint density at radius 3 is 2.71 bits per heavy atom. The highest BCUT2D eigenvalue weighted by Gasteiger charge is 2.31. The molecule has 0 aromatic heterocycles. The number of methoxy groups -OCH3 is 1. The third-order valence-corrected chi connectivity index (χ3v) is 3.60. The Hall–Kier alpha value is -1.75. The zero-order valence-electron chi connectivity index (χ0n) is 12.1. The molecule has 0 aliphatic heterocycles. The van der Waals surface area contributed by atoms with Gasteiger partial charge < -0.3 is 14.4 Å². The number of hydrogen-bond acceptors (Lipinski definition) is 4. The predicted octanol–water partition coefficient (Wildman–Crippen LogP) is 2.55. The van der Waals surface area contributed by atoms with E-state index in [1.165, 1.54) is 13.2 Å². The van der Waals surface area contributed by atoms with Crippen LogP contribution < -0.4 is 9.47 Å². The van der Waals surface area contributed by atoms with Gasteiger partial charge in [0.15, 0.2) is 24.4 Å². The molecule has 0 heterocycles. The van der Waals surface area contributed by atoms with E-state index in [0.29, 0.717) is 29.6 Å². The third-order valence-electron chi connectivity index (χ3n) is 3.38. The van der Waals surface area contributed by atoms with Gasteiger partial charge in [0.2, 0.25) is 0 Å². The van der Waals surface area contributed by atoms with Crippen molar-refractivity contribution in [1.82, 2.24) is 4.90 Å². The summed E-state index contributed by atoms with van der Waals surface area (Å²) in [5.74, 6) is 0.498. The van der Waals surface area contributed by atoms with Crippen LogP contribution in [0.5, 0.6) is 11.5 Å². The molecule has 1 aromatic carbocycles. The van der Waals surface area contributed by atoms with Gasteiger partial charge in [-0.1, -0.05) is 11.6 Å². The van der Waals surface area contributed by atoms with Crippen molar-refractivity contribution in [2.75, 3.05) is 20.3 Å². The highest BCUT2D eigenvalue weighted by atomic mass is 35.5. The first-order valence-electron chi connectivity index (χ1n) is 6.85. The Bertz CT molecular complexity index is 543. The molecular weight excluding hydrogens is 294 g/mol. The van der Waals surface area contributed by atoms with Gasteiger partial charge in [-0.05, 0) is 25.8 Å². The highest BCUT2D eigenvalue weighted by molar-refractivity contribution is 6.31. The Morgan fingerprint density at radius 1 is 1.48 bits per heavy atom. The van der Waals surface area contributed by atoms with Crippen LogP contribution in [-0.2, 0) is 4.79 Å². The van der Waals surface area contributed by atoms with E-state index < -0.39 is 0 Å². The fourth-order valence-corrected chi connectivity index (χ4v) is 2.44. The molecule has 1 saturated carbocycles. The van der Waals surface area contributed by atoms with Gasteiger partial charge in [-0.2, -0.15) is 0 Å². The van der Waals surface area contributed by atoms with Crippen LogP contribution in [0.2, 0.25) is 5.02 Å². The van der Waals surface area contributed by atoms with Gasteiger partial charge in [0, 0.05) is 23.7 Å². The third kappa shape index (κ3) is 3.67. The Labute approximate surface area is 128 Å². The SMILES string of the molecule is CCN(C(=O)COc1c(C=O)cc(Cl)cc1OC)C1CC1. The molecule has 21 heavy (non-hydrogen) atoms. The number of carbonyl (C=O) groups excluding carboxylic acids is 2. The lowest BCUT2D eigenvalue weighted by Crippen LogP contribution is -2.36. The summed E-state index contributed by atoms with van der Waals surface area (Å²) in [4.78, 5) is 25.0. The summed E-state index contributed by atoms with van der Waals surface area (Å²) >= 11 is 5.90. The van der Waals surface area contributed by atoms with Crippen LogP contribution in [0, 0.1) is 0 Å². The molecule has 0 N–H and O–H groups in total. The summed E-state index contributed by atoms with van der Waals surface area (Å²) in [5, 5.41) is 0.376. The van der Waals surface area contributed by atoms with Crippen LogP contribution in [0.1, 0.15) is 30.1 Å². The maximum Gasteiger partial charge on any atom is 0.260 e. The van der Waals surface area contributed by atoms with E-state index in [1.807, 2.05) is 6.92 Å². The Balaban J connectivity index is 2.11. The zero-order valence-corrected chi connectivity index (χ0v) is 12.9. The van der Waals surface area contributed by atoms with Crippen LogP contribution in [0.15, 0.2) is 12.1 Å². The molecule has 0 atom stereocenters. The summed E-state index contributed by atoms with van der Waals surface area (Å²) in [6, 6.07) is 3.37. The Kier molecular flexibility index (Phi) is 5.07. The molecule has 0 saturated heterocycles. The average molecular weight is 312 g/mol. The topological polar surface area (TPSA) is 55.8 Å². The number of hydrogen-bond donors (Lipinski definition) is 0. The van der Waals surface area contributed by atoms with Crippen LogP contribution in [0.3, 0.4) is 0 Å². The zero-order chi connectivity index (χ0) is 15.4. The van der Waals surface area contributed by atoms with Gasteiger partial charge in [0.05, 0.1) is 12.7 Å². The maximum atomic E-state index is 12.1. The van der Waals surface area contributed by atoms with Crippen molar-refractivity contribution >= 4 is 23.8 Å². The minimum Gasteiger partial charge on any atom is -0.493 e. The first-order valence-corrected chi connectivity index (χ1v) is 7.23. The van der Waals surface area contributed by atoms with Crippen LogP contribution in [-0.4, -0.2) is 43.4 Å². The monoisotopic (exact) mass is 311 g/mol. The fraction of sp³-hybridized carbons (Fsp3) is 0.467. The van der Waals surface area contributed by atoms with Gasteiger partial charge in [0.1, 0.15) is 0 Å². The summed E-state index contributed by atoms with van der Waals surface area (Å²) in [5.41, 5.74) is 0.265. The number of ether oxygens (including phenoxy) is 2. The number of aldehydes is 1. The van der Waals surface area contributed by atoms with E-state index in [4.69, 9.17) is 21.1 Å². The molecular formula is C15H18ClNO4. The second-order valence-electron chi connectivity index (χ2n) is 4.84. The molecule has 1 aliphatic rings. The van der Waals surface area contributed by atoms with Gasteiger partial charge in [-0.3, -0.25) is 9.59 Å². The lowest BCUT2D eigenvalue weighted by Gasteiger charge is -2.21. The summed E-state index contributed by atoms with van der Waals surface area (Å²) in [7, 11) is 1.46. The Morgan fingerprint density at radius 2 is 2.19 bits per heavy atom. The lowest BCUT2D eigenvalue weighted by molar-refractivity contribution is -0.133. The number of benzene rings is 1. The number of likely N-dealkylation sites (N-methyl/N-ethyl adjacent to an activating group) is 1. The molecule has 1 fully saturated rings. The molecule has 1 aromatic rings. The molecule has 6 heteroatoms. The smallest absolute Gasteiger partial charge is 0.260 e. The van der Waals surface area contributed by atoms with Crippen molar-refractivity contribution in [3.63, 3.8) is 0 Å². The minimum atomic E-state index is -0.122. The van der Waals surface area contributed by atoms with E-state index >= 15 is 0 Å². The molecule has 1 amide bonds. The summed E-state index contributed by atoms with van der Waals surface area (Å²) < 4.78 is 10.7. The normalized spacial score (nSPS) is 13.7. The van der Waals surface area contributed by atoms with E-state index in [0.717, 1.165) is 12.8 Å². The van der Waals surface area contributed by atoms with Crippen molar-refractivity contribution < 1.29 is 19.1 Å². The quantitative estimate of drug-likeness (QED) is 0.726. The van der Waals surface area contributed by atoms with Gasteiger partial charge in [-0.15, -0.1) is 0 Å². The first kappa shape index (κ1) is 15.6.